The smallest absolute Gasteiger partial charge is 0.321 e. The third-order valence-electron chi connectivity index (χ3n) is 5.55. The number of aliphatic imine (C=N–C) groups is 1. The van der Waals surface area contributed by atoms with E-state index in [1.54, 1.807) is 0 Å². The van der Waals surface area contributed by atoms with Crippen LogP contribution in [-0.4, -0.2) is 47.8 Å². The van der Waals surface area contributed by atoms with Crippen LogP contribution in [0, 0.1) is 0 Å². The molecule has 0 radical (unpaired) electrons. The Morgan fingerprint density at radius 1 is 0.806 bits per heavy atom. The summed E-state index contributed by atoms with van der Waals surface area (Å²) in [6, 6.07) is 25.3. The van der Waals surface area contributed by atoms with Crippen LogP contribution in [0.3, 0.4) is 0 Å². The number of para-hydroxylation sites is 4. The number of carbonyl (C=O) groups is 1. The number of anilines is 1. The summed E-state index contributed by atoms with van der Waals surface area (Å²) in [4.78, 5) is 21.9. The number of hydrogen-bond acceptors (Lipinski definition) is 4. The summed E-state index contributed by atoms with van der Waals surface area (Å²) in [6.07, 6.45) is 0.867. The Balaban J connectivity index is 1.38. The third-order valence-corrected chi connectivity index (χ3v) is 5.55. The summed E-state index contributed by atoms with van der Waals surface area (Å²) in [5, 5.41) is 2.99. The molecule has 2 amide bonds. The van der Waals surface area contributed by atoms with Crippen LogP contribution in [0.1, 0.15) is 12.0 Å². The second-order valence-corrected chi connectivity index (χ2v) is 7.63. The Kier molecular flexibility index (Phi) is 5.27. The molecule has 156 valence electrons. The number of amidine groups is 1. The zero-order valence-electron chi connectivity index (χ0n) is 17.2. The molecule has 0 bridgehead atoms. The van der Waals surface area contributed by atoms with E-state index in [4.69, 9.17) is 9.73 Å². The number of amides is 2. The van der Waals surface area contributed by atoms with Crippen molar-refractivity contribution in [2.24, 2.45) is 4.99 Å². The Hall–Kier alpha value is -3.80. The summed E-state index contributed by atoms with van der Waals surface area (Å²) in [5.74, 6) is 2.45. The maximum Gasteiger partial charge on any atom is 0.321 e. The molecule has 31 heavy (non-hydrogen) atoms. The number of benzene rings is 3. The van der Waals surface area contributed by atoms with E-state index in [1.807, 2.05) is 83.8 Å². The lowest BCUT2D eigenvalue weighted by molar-refractivity contribution is 0.214. The number of ether oxygens (including phenoxy) is 1. The van der Waals surface area contributed by atoms with Crippen molar-refractivity contribution >= 4 is 23.2 Å². The minimum atomic E-state index is -0.0649. The molecule has 0 aliphatic carbocycles. The maximum absolute atomic E-state index is 12.8. The number of fused-ring (bicyclic) bond motifs is 2. The summed E-state index contributed by atoms with van der Waals surface area (Å²) in [5.41, 5.74) is 2.60. The number of hydrogen-bond donors (Lipinski definition) is 1. The predicted molar refractivity (Wildman–Crippen MR) is 122 cm³/mol. The molecule has 3 aromatic carbocycles. The molecule has 0 aromatic heterocycles. The third kappa shape index (κ3) is 4.10. The zero-order valence-corrected chi connectivity index (χ0v) is 17.2. The molecule has 0 atom stereocenters. The lowest BCUT2D eigenvalue weighted by Crippen LogP contribution is -2.39. The minimum absolute atomic E-state index is 0.0649. The molecule has 6 nitrogen and oxygen atoms in total. The SMILES string of the molecule is O=C(Nc1ccccc1)N1CCCN(C2=Nc3ccccc3Oc3ccccc32)CC1. The van der Waals surface area contributed by atoms with Gasteiger partial charge in [0.1, 0.15) is 17.3 Å². The van der Waals surface area contributed by atoms with E-state index in [-0.39, 0.29) is 6.03 Å². The quantitative estimate of drug-likeness (QED) is 0.604. The molecular formula is C25H24N4O2. The Morgan fingerprint density at radius 2 is 1.55 bits per heavy atom. The molecule has 1 saturated heterocycles. The van der Waals surface area contributed by atoms with Gasteiger partial charge in [-0.15, -0.1) is 0 Å². The number of rotatable bonds is 1. The number of urea groups is 1. The van der Waals surface area contributed by atoms with Crippen LogP contribution in [0.5, 0.6) is 11.5 Å². The van der Waals surface area contributed by atoms with Crippen molar-refractivity contribution in [2.45, 2.75) is 6.42 Å². The molecule has 5 rings (SSSR count). The normalized spacial score (nSPS) is 15.5. The number of nitrogens with one attached hydrogen (secondary N) is 1. The average molecular weight is 412 g/mol. The molecule has 1 fully saturated rings. The van der Waals surface area contributed by atoms with Gasteiger partial charge < -0.3 is 19.9 Å². The molecule has 2 heterocycles. The summed E-state index contributed by atoms with van der Waals surface area (Å²) in [6.45, 7) is 2.86. The van der Waals surface area contributed by atoms with Gasteiger partial charge in [0, 0.05) is 31.9 Å². The first-order chi connectivity index (χ1) is 15.3. The Bertz CT molecular complexity index is 1110. The number of nitrogens with zero attached hydrogens (tertiary/aromatic N) is 3. The standard InChI is InChI=1S/C25H24N4O2/c30-25(26-19-9-2-1-3-10-19)29-16-8-15-28(17-18-29)24-20-11-4-6-13-22(20)31-23-14-7-5-12-21(23)27-24/h1-7,9-14H,8,15-18H2,(H,26,30). The van der Waals surface area contributed by atoms with Crippen LogP contribution in [0.4, 0.5) is 16.2 Å². The van der Waals surface area contributed by atoms with Crippen molar-refractivity contribution < 1.29 is 9.53 Å². The van der Waals surface area contributed by atoms with E-state index in [9.17, 15) is 4.79 Å². The van der Waals surface area contributed by atoms with Crippen LogP contribution in [0.2, 0.25) is 0 Å². The van der Waals surface area contributed by atoms with Crippen molar-refractivity contribution in [3.63, 3.8) is 0 Å². The summed E-state index contributed by atoms with van der Waals surface area (Å²) < 4.78 is 6.16. The molecule has 6 heteroatoms. The first-order valence-corrected chi connectivity index (χ1v) is 10.6. The highest BCUT2D eigenvalue weighted by molar-refractivity contribution is 6.03. The molecule has 0 unspecified atom stereocenters. The zero-order chi connectivity index (χ0) is 21.0. The minimum Gasteiger partial charge on any atom is -0.454 e. The van der Waals surface area contributed by atoms with Gasteiger partial charge in [-0.25, -0.2) is 9.79 Å². The topological polar surface area (TPSA) is 57.2 Å². The van der Waals surface area contributed by atoms with Crippen molar-refractivity contribution in [1.29, 1.82) is 0 Å². The van der Waals surface area contributed by atoms with Gasteiger partial charge >= 0.3 is 6.03 Å². The van der Waals surface area contributed by atoms with Gasteiger partial charge in [-0.05, 0) is 42.8 Å². The van der Waals surface area contributed by atoms with Crippen LogP contribution in [0.15, 0.2) is 83.9 Å². The van der Waals surface area contributed by atoms with Crippen LogP contribution in [0.25, 0.3) is 0 Å². The fourth-order valence-electron chi connectivity index (χ4n) is 3.97. The Morgan fingerprint density at radius 3 is 2.42 bits per heavy atom. The molecule has 3 aromatic rings. The monoisotopic (exact) mass is 412 g/mol. The molecule has 2 aliphatic heterocycles. The van der Waals surface area contributed by atoms with Crippen LogP contribution in [-0.2, 0) is 0 Å². The molecular weight excluding hydrogens is 388 g/mol. The first kappa shape index (κ1) is 19.2. The van der Waals surface area contributed by atoms with Crippen LogP contribution < -0.4 is 10.1 Å². The van der Waals surface area contributed by atoms with Crippen LogP contribution >= 0.6 is 0 Å². The van der Waals surface area contributed by atoms with E-state index in [0.29, 0.717) is 19.6 Å². The summed E-state index contributed by atoms with van der Waals surface area (Å²) >= 11 is 0. The van der Waals surface area contributed by atoms with Gasteiger partial charge in [0.25, 0.3) is 0 Å². The summed E-state index contributed by atoms with van der Waals surface area (Å²) in [7, 11) is 0. The molecule has 0 saturated carbocycles. The highest BCUT2D eigenvalue weighted by Gasteiger charge is 2.25. The fourth-order valence-corrected chi connectivity index (χ4v) is 3.97. The average Bonchev–Trinajstić information content (AvgIpc) is 3.14. The van der Waals surface area contributed by atoms with E-state index < -0.39 is 0 Å². The predicted octanol–water partition coefficient (Wildman–Crippen LogP) is 5.11. The van der Waals surface area contributed by atoms with Crippen molar-refractivity contribution in [3.05, 3.63) is 84.4 Å². The van der Waals surface area contributed by atoms with Crippen molar-refractivity contribution in [3.8, 4) is 11.5 Å². The molecule has 0 spiro atoms. The molecule has 2 aliphatic rings. The fraction of sp³-hybridized carbons (Fsp3) is 0.200. The van der Waals surface area contributed by atoms with Gasteiger partial charge in [-0.3, -0.25) is 0 Å². The van der Waals surface area contributed by atoms with Crippen molar-refractivity contribution in [2.75, 3.05) is 31.5 Å². The largest absolute Gasteiger partial charge is 0.454 e. The van der Waals surface area contributed by atoms with Gasteiger partial charge in [0.2, 0.25) is 0 Å². The van der Waals surface area contributed by atoms with Gasteiger partial charge in [-0.1, -0.05) is 42.5 Å². The highest BCUT2D eigenvalue weighted by Crippen LogP contribution is 2.37. The second kappa shape index (κ2) is 8.52. The van der Waals surface area contributed by atoms with Gasteiger partial charge in [-0.2, -0.15) is 0 Å². The lowest BCUT2D eigenvalue weighted by Gasteiger charge is -2.25. The maximum atomic E-state index is 12.8. The number of carbonyl (C=O) groups excluding carboxylic acids is 1. The molecule has 1 N–H and O–H groups in total. The second-order valence-electron chi connectivity index (χ2n) is 7.63. The van der Waals surface area contributed by atoms with Gasteiger partial charge in [0.15, 0.2) is 5.75 Å². The first-order valence-electron chi connectivity index (χ1n) is 10.6. The van der Waals surface area contributed by atoms with Crippen molar-refractivity contribution in [1.82, 2.24) is 9.80 Å². The lowest BCUT2D eigenvalue weighted by atomic mass is 10.1. The highest BCUT2D eigenvalue weighted by atomic mass is 16.5. The van der Waals surface area contributed by atoms with E-state index in [0.717, 1.165) is 47.2 Å². The van der Waals surface area contributed by atoms with E-state index in [1.165, 1.54) is 0 Å². The van der Waals surface area contributed by atoms with Gasteiger partial charge in [0.05, 0.1) is 5.56 Å². The van der Waals surface area contributed by atoms with E-state index >= 15 is 0 Å². The Labute approximate surface area is 181 Å². The van der Waals surface area contributed by atoms with E-state index in [2.05, 4.69) is 10.2 Å².